The Morgan fingerprint density at radius 2 is 1.96 bits per heavy atom. The largest absolute Gasteiger partial charge is 0.368 e. The molecule has 0 spiro atoms. The number of aryl methyl sites for hydroxylation is 1. The minimum Gasteiger partial charge on any atom is -0.368 e. The van der Waals surface area contributed by atoms with Crippen LogP contribution in [0.25, 0.3) is 17.0 Å². The van der Waals surface area contributed by atoms with Crippen molar-refractivity contribution < 1.29 is 0 Å². The van der Waals surface area contributed by atoms with Crippen molar-refractivity contribution in [3.8, 4) is 11.4 Å². The molecule has 1 aromatic carbocycles. The van der Waals surface area contributed by atoms with Crippen molar-refractivity contribution in [3.63, 3.8) is 0 Å². The van der Waals surface area contributed by atoms with Crippen LogP contribution >= 0.6 is 0 Å². The molecule has 7 nitrogen and oxygen atoms in total. The fourth-order valence-electron chi connectivity index (χ4n) is 3.47. The fraction of sp³-hybridized carbons (Fsp3) is 0.263. The molecule has 1 saturated carbocycles. The Hall–Kier alpha value is -3.22. The minimum atomic E-state index is 0.591. The Bertz CT molecular complexity index is 1050. The van der Waals surface area contributed by atoms with Crippen LogP contribution in [0, 0.1) is 5.92 Å². The standard InChI is InChI=1S/C19H19N7/c1-25-16(9-10-21-25)15-11-14(15)12-20-17-7-8-18-22-23-19(26(18)24-17)13-5-3-2-4-6-13/h2-10,14-15H,11-12H2,1H3,(H,20,24)/t14-,15+/m0/s1. The number of anilines is 1. The highest BCUT2D eigenvalue weighted by Gasteiger charge is 2.39. The van der Waals surface area contributed by atoms with Gasteiger partial charge in [-0.3, -0.25) is 4.68 Å². The molecule has 1 aliphatic rings. The predicted molar refractivity (Wildman–Crippen MR) is 98.8 cm³/mol. The van der Waals surface area contributed by atoms with E-state index in [-0.39, 0.29) is 0 Å². The van der Waals surface area contributed by atoms with Crippen molar-refractivity contribution >= 4 is 11.5 Å². The van der Waals surface area contributed by atoms with E-state index in [1.807, 2.05) is 60.4 Å². The molecule has 130 valence electrons. The van der Waals surface area contributed by atoms with Gasteiger partial charge >= 0.3 is 0 Å². The lowest BCUT2D eigenvalue weighted by atomic mass is 10.2. The second-order valence-electron chi connectivity index (χ2n) is 6.74. The first-order chi connectivity index (χ1) is 12.8. The summed E-state index contributed by atoms with van der Waals surface area (Å²) in [6.07, 6.45) is 3.06. The van der Waals surface area contributed by atoms with Gasteiger partial charge in [0.15, 0.2) is 11.5 Å². The maximum atomic E-state index is 4.68. The molecule has 0 amide bonds. The highest BCUT2D eigenvalue weighted by Crippen LogP contribution is 2.46. The van der Waals surface area contributed by atoms with E-state index in [0.717, 1.165) is 29.4 Å². The molecular formula is C19H19N7. The smallest absolute Gasteiger partial charge is 0.185 e. The molecule has 3 heterocycles. The van der Waals surface area contributed by atoms with E-state index in [0.29, 0.717) is 11.8 Å². The number of nitrogens with one attached hydrogen (secondary N) is 1. The van der Waals surface area contributed by atoms with Gasteiger partial charge in [0.05, 0.1) is 0 Å². The molecule has 0 saturated heterocycles. The first-order valence-electron chi connectivity index (χ1n) is 8.79. The second-order valence-corrected chi connectivity index (χ2v) is 6.74. The Morgan fingerprint density at radius 3 is 2.77 bits per heavy atom. The van der Waals surface area contributed by atoms with Crippen LogP contribution in [0.5, 0.6) is 0 Å². The number of aromatic nitrogens is 6. The summed E-state index contributed by atoms with van der Waals surface area (Å²) < 4.78 is 3.77. The van der Waals surface area contributed by atoms with Crippen LogP contribution in [0.15, 0.2) is 54.7 Å². The van der Waals surface area contributed by atoms with Crippen LogP contribution < -0.4 is 5.32 Å². The Kier molecular flexibility index (Phi) is 3.44. The lowest BCUT2D eigenvalue weighted by Gasteiger charge is -2.06. The van der Waals surface area contributed by atoms with E-state index in [4.69, 9.17) is 0 Å². The summed E-state index contributed by atoms with van der Waals surface area (Å²) in [5, 5.41) is 20.9. The lowest BCUT2D eigenvalue weighted by molar-refractivity contribution is 0.693. The predicted octanol–water partition coefficient (Wildman–Crippen LogP) is 2.74. The van der Waals surface area contributed by atoms with Gasteiger partial charge in [0.2, 0.25) is 0 Å². The fourth-order valence-corrected chi connectivity index (χ4v) is 3.47. The quantitative estimate of drug-likeness (QED) is 0.602. The lowest BCUT2D eigenvalue weighted by Crippen LogP contribution is -2.09. The Morgan fingerprint density at radius 1 is 1.08 bits per heavy atom. The molecule has 3 aromatic heterocycles. The van der Waals surface area contributed by atoms with Crippen LogP contribution in [0.3, 0.4) is 0 Å². The van der Waals surface area contributed by atoms with Crippen molar-refractivity contribution in [2.45, 2.75) is 12.3 Å². The highest BCUT2D eigenvalue weighted by atomic mass is 15.4. The molecule has 5 rings (SSSR count). The Balaban J connectivity index is 1.33. The molecule has 0 radical (unpaired) electrons. The molecule has 7 heteroatoms. The molecule has 1 fully saturated rings. The van der Waals surface area contributed by atoms with Gasteiger partial charge in [0.25, 0.3) is 0 Å². The van der Waals surface area contributed by atoms with E-state index in [2.05, 4.69) is 31.8 Å². The van der Waals surface area contributed by atoms with Gasteiger partial charge in [0, 0.05) is 37.0 Å². The molecular weight excluding hydrogens is 326 g/mol. The third kappa shape index (κ3) is 2.61. The first-order valence-corrected chi connectivity index (χ1v) is 8.79. The summed E-state index contributed by atoms with van der Waals surface area (Å²) >= 11 is 0. The van der Waals surface area contributed by atoms with Crippen LogP contribution in [0.1, 0.15) is 18.0 Å². The molecule has 4 aromatic rings. The second kappa shape index (κ2) is 5.94. The zero-order valence-corrected chi connectivity index (χ0v) is 14.4. The van der Waals surface area contributed by atoms with Crippen molar-refractivity contribution in [3.05, 3.63) is 60.4 Å². The molecule has 26 heavy (non-hydrogen) atoms. The van der Waals surface area contributed by atoms with Crippen molar-refractivity contribution in [2.75, 3.05) is 11.9 Å². The third-order valence-corrected chi connectivity index (χ3v) is 5.00. The van der Waals surface area contributed by atoms with E-state index < -0.39 is 0 Å². The van der Waals surface area contributed by atoms with Gasteiger partial charge in [-0.05, 0) is 30.5 Å². The van der Waals surface area contributed by atoms with Crippen LogP contribution in [0.4, 0.5) is 5.82 Å². The summed E-state index contributed by atoms with van der Waals surface area (Å²) in [7, 11) is 2.00. The number of fused-ring (bicyclic) bond motifs is 1. The van der Waals surface area contributed by atoms with Crippen LogP contribution in [-0.2, 0) is 7.05 Å². The number of benzene rings is 1. The zero-order chi connectivity index (χ0) is 17.5. The highest BCUT2D eigenvalue weighted by molar-refractivity contribution is 5.59. The molecule has 2 atom stereocenters. The SMILES string of the molecule is Cn1nccc1[C@@H]1C[C@H]1CNc1ccc2nnc(-c3ccccc3)n2n1. The van der Waals surface area contributed by atoms with E-state index in [9.17, 15) is 0 Å². The average molecular weight is 345 g/mol. The number of hydrogen-bond acceptors (Lipinski definition) is 5. The van der Waals surface area contributed by atoms with Gasteiger partial charge in [-0.25, -0.2) is 0 Å². The number of hydrogen-bond donors (Lipinski definition) is 1. The minimum absolute atomic E-state index is 0.591. The first kappa shape index (κ1) is 15.1. The molecule has 0 unspecified atom stereocenters. The molecule has 0 bridgehead atoms. The van der Waals surface area contributed by atoms with Crippen molar-refractivity contribution in [1.82, 2.24) is 29.6 Å². The van der Waals surface area contributed by atoms with Gasteiger partial charge in [0.1, 0.15) is 5.82 Å². The van der Waals surface area contributed by atoms with Crippen molar-refractivity contribution in [2.24, 2.45) is 13.0 Å². The van der Waals surface area contributed by atoms with Crippen LogP contribution in [-0.4, -0.2) is 36.1 Å². The summed E-state index contributed by atoms with van der Waals surface area (Å²) in [6.45, 7) is 0.900. The summed E-state index contributed by atoms with van der Waals surface area (Å²) in [4.78, 5) is 0. The van der Waals surface area contributed by atoms with Crippen LogP contribution in [0.2, 0.25) is 0 Å². The van der Waals surface area contributed by atoms with Gasteiger partial charge in [-0.2, -0.15) is 9.61 Å². The summed E-state index contributed by atoms with van der Waals surface area (Å²) in [5.41, 5.74) is 3.06. The maximum Gasteiger partial charge on any atom is 0.185 e. The molecule has 0 aliphatic heterocycles. The Labute approximate surface area is 150 Å². The zero-order valence-electron chi connectivity index (χ0n) is 14.4. The molecule has 1 N–H and O–H groups in total. The van der Waals surface area contributed by atoms with Gasteiger partial charge in [-0.1, -0.05) is 30.3 Å². The van der Waals surface area contributed by atoms with E-state index in [1.54, 1.807) is 4.52 Å². The summed E-state index contributed by atoms with van der Waals surface area (Å²) in [6, 6.07) is 16.0. The van der Waals surface area contributed by atoms with E-state index >= 15 is 0 Å². The topological polar surface area (TPSA) is 72.9 Å². The number of rotatable bonds is 5. The van der Waals surface area contributed by atoms with Gasteiger partial charge in [-0.15, -0.1) is 15.3 Å². The normalized spacial score (nSPS) is 19.0. The maximum absolute atomic E-state index is 4.68. The number of nitrogens with zero attached hydrogens (tertiary/aromatic N) is 6. The summed E-state index contributed by atoms with van der Waals surface area (Å²) in [5.74, 6) is 2.81. The third-order valence-electron chi connectivity index (χ3n) is 5.00. The average Bonchev–Trinajstić information content (AvgIpc) is 3.10. The van der Waals surface area contributed by atoms with Gasteiger partial charge < -0.3 is 5.32 Å². The van der Waals surface area contributed by atoms with E-state index in [1.165, 1.54) is 12.1 Å². The van der Waals surface area contributed by atoms with Crippen molar-refractivity contribution in [1.29, 1.82) is 0 Å². The molecule has 1 aliphatic carbocycles. The monoisotopic (exact) mass is 345 g/mol.